The molecule has 1 fully saturated rings. The largest absolute Gasteiger partial charge is 0.467 e. The number of hydrogen-bond acceptors (Lipinski definition) is 3. The van der Waals surface area contributed by atoms with Crippen LogP contribution in [0.25, 0.3) is 0 Å². The van der Waals surface area contributed by atoms with Gasteiger partial charge in [-0.25, -0.2) is 0 Å². The van der Waals surface area contributed by atoms with Gasteiger partial charge >= 0.3 is 6.18 Å². The van der Waals surface area contributed by atoms with Gasteiger partial charge < -0.3 is 14.8 Å². The molecule has 130 valence electrons. The van der Waals surface area contributed by atoms with Crippen molar-refractivity contribution >= 4 is 0 Å². The van der Waals surface area contributed by atoms with E-state index in [2.05, 4.69) is 5.32 Å². The van der Waals surface area contributed by atoms with Gasteiger partial charge in [0.25, 0.3) is 0 Å². The minimum atomic E-state index is -4.31. The number of furan rings is 1. The zero-order valence-corrected chi connectivity index (χ0v) is 13.1. The molecule has 1 heterocycles. The van der Waals surface area contributed by atoms with Crippen LogP contribution in [0.5, 0.6) is 0 Å². The molecule has 0 saturated heterocycles. The molecule has 0 spiro atoms. The number of halogens is 3. The molecule has 2 N–H and O–H groups in total. The number of nitrogens with one attached hydrogen (secondary N) is 1. The number of hydrogen-bond donors (Lipinski definition) is 2. The molecule has 3 unspecified atom stereocenters. The first-order valence-electron chi connectivity index (χ1n) is 8.07. The first kappa shape index (κ1) is 17.0. The van der Waals surface area contributed by atoms with Gasteiger partial charge in [-0.1, -0.05) is 18.6 Å². The Kier molecular flexibility index (Phi) is 4.96. The smallest absolute Gasteiger partial charge is 0.416 e. The highest BCUT2D eigenvalue weighted by atomic mass is 19.4. The molecular weight excluding hydrogens is 319 g/mol. The summed E-state index contributed by atoms with van der Waals surface area (Å²) < 4.78 is 43.2. The van der Waals surface area contributed by atoms with Crippen LogP contribution in [-0.4, -0.2) is 17.7 Å². The number of aliphatic hydroxyl groups excluding tert-OH is 1. The van der Waals surface area contributed by atoms with Crippen LogP contribution in [0.15, 0.2) is 47.1 Å². The van der Waals surface area contributed by atoms with Crippen LogP contribution in [0.2, 0.25) is 0 Å². The fraction of sp³-hybridized carbons (Fsp3) is 0.444. The zero-order valence-electron chi connectivity index (χ0n) is 13.1. The van der Waals surface area contributed by atoms with Crippen molar-refractivity contribution in [3.05, 3.63) is 59.5 Å². The van der Waals surface area contributed by atoms with E-state index in [1.165, 1.54) is 6.26 Å². The average Bonchev–Trinajstić information content (AvgIpc) is 3.23. The van der Waals surface area contributed by atoms with Crippen molar-refractivity contribution < 1.29 is 22.7 Å². The van der Waals surface area contributed by atoms with Crippen molar-refractivity contribution in [3.8, 4) is 0 Å². The second-order valence-electron chi connectivity index (χ2n) is 6.20. The van der Waals surface area contributed by atoms with Gasteiger partial charge in [0.1, 0.15) is 11.9 Å². The standard InChI is InChI=1S/C18H20F3NO2/c19-18(20,21)13-8-6-12(7-9-13)14-3-1-4-15(14)22-11-16(23)17-5-2-10-24-17/h2,5-10,14-16,22-23H,1,3-4,11H2. The van der Waals surface area contributed by atoms with Gasteiger partial charge in [-0.3, -0.25) is 0 Å². The van der Waals surface area contributed by atoms with Gasteiger partial charge in [-0.05, 0) is 48.6 Å². The number of aliphatic hydroxyl groups is 1. The van der Waals surface area contributed by atoms with Crippen LogP contribution in [0.1, 0.15) is 48.2 Å². The highest BCUT2D eigenvalue weighted by Gasteiger charge is 2.32. The van der Waals surface area contributed by atoms with E-state index < -0.39 is 17.8 Å². The van der Waals surface area contributed by atoms with Gasteiger partial charge in [0.05, 0.1) is 11.8 Å². The highest BCUT2D eigenvalue weighted by molar-refractivity contribution is 5.29. The van der Waals surface area contributed by atoms with Crippen molar-refractivity contribution in [3.63, 3.8) is 0 Å². The van der Waals surface area contributed by atoms with Crippen molar-refractivity contribution in [2.75, 3.05) is 6.54 Å². The molecule has 2 aromatic rings. The Morgan fingerprint density at radius 2 is 1.92 bits per heavy atom. The maximum atomic E-state index is 12.7. The Labute approximate surface area is 138 Å². The number of alkyl halides is 3. The van der Waals surface area contributed by atoms with Crippen LogP contribution in [0, 0.1) is 0 Å². The summed E-state index contributed by atoms with van der Waals surface area (Å²) >= 11 is 0. The van der Waals surface area contributed by atoms with Crippen molar-refractivity contribution in [2.24, 2.45) is 0 Å². The minimum Gasteiger partial charge on any atom is -0.467 e. The van der Waals surface area contributed by atoms with E-state index in [0.29, 0.717) is 12.3 Å². The molecule has 1 aliphatic carbocycles. The molecule has 3 nitrogen and oxygen atoms in total. The fourth-order valence-electron chi connectivity index (χ4n) is 3.37. The predicted octanol–water partition coefficient (Wildman–Crippen LogP) is 4.26. The Morgan fingerprint density at radius 3 is 2.54 bits per heavy atom. The maximum Gasteiger partial charge on any atom is 0.416 e. The van der Waals surface area contributed by atoms with Crippen LogP contribution in [0.3, 0.4) is 0 Å². The number of benzene rings is 1. The molecule has 6 heteroatoms. The lowest BCUT2D eigenvalue weighted by molar-refractivity contribution is -0.137. The lowest BCUT2D eigenvalue weighted by atomic mass is 9.93. The normalized spacial score (nSPS) is 22.7. The molecule has 3 atom stereocenters. The van der Waals surface area contributed by atoms with Gasteiger partial charge in [0.15, 0.2) is 0 Å². The second kappa shape index (κ2) is 6.99. The Hall–Kier alpha value is -1.79. The van der Waals surface area contributed by atoms with E-state index in [1.807, 2.05) is 0 Å². The van der Waals surface area contributed by atoms with Gasteiger partial charge in [0, 0.05) is 12.6 Å². The second-order valence-corrected chi connectivity index (χ2v) is 6.20. The third-order valence-electron chi connectivity index (χ3n) is 4.63. The average molecular weight is 339 g/mol. The lowest BCUT2D eigenvalue weighted by Crippen LogP contribution is -2.34. The maximum absolute atomic E-state index is 12.7. The summed E-state index contributed by atoms with van der Waals surface area (Å²) in [7, 11) is 0. The molecular formula is C18H20F3NO2. The quantitative estimate of drug-likeness (QED) is 0.856. The third-order valence-corrected chi connectivity index (χ3v) is 4.63. The molecule has 1 saturated carbocycles. The topological polar surface area (TPSA) is 45.4 Å². The summed E-state index contributed by atoms with van der Waals surface area (Å²) in [5.74, 6) is 0.669. The van der Waals surface area contributed by atoms with E-state index in [0.717, 1.165) is 37.0 Å². The highest BCUT2D eigenvalue weighted by Crippen LogP contribution is 2.36. The Morgan fingerprint density at radius 1 is 1.17 bits per heavy atom. The van der Waals surface area contributed by atoms with Crippen molar-refractivity contribution in [1.29, 1.82) is 0 Å². The Balaban J connectivity index is 1.63. The van der Waals surface area contributed by atoms with Crippen LogP contribution in [-0.2, 0) is 6.18 Å². The summed E-state index contributed by atoms with van der Waals surface area (Å²) in [6.45, 7) is 0.356. The lowest BCUT2D eigenvalue weighted by Gasteiger charge is -2.23. The fourth-order valence-corrected chi connectivity index (χ4v) is 3.37. The molecule has 24 heavy (non-hydrogen) atoms. The van der Waals surface area contributed by atoms with Gasteiger partial charge in [0.2, 0.25) is 0 Å². The first-order valence-corrected chi connectivity index (χ1v) is 8.07. The molecule has 3 rings (SSSR count). The minimum absolute atomic E-state index is 0.145. The van der Waals surface area contributed by atoms with E-state index in [-0.39, 0.29) is 12.0 Å². The van der Waals surface area contributed by atoms with Crippen molar-refractivity contribution in [2.45, 2.75) is 43.5 Å². The number of rotatable bonds is 5. The summed E-state index contributed by atoms with van der Waals surface area (Å²) in [6.07, 6.45) is -0.636. The molecule has 0 bridgehead atoms. The SMILES string of the molecule is OC(CNC1CCCC1c1ccc(C(F)(F)F)cc1)c1ccco1. The van der Waals surface area contributed by atoms with E-state index in [4.69, 9.17) is 4.42 Å². The predicted molar refractivity (Wildman–Crippen MR) is 83.5 cm³/mol. The summed E-state index contributed by atoms with van der Waals surface area (Å²) in [4.78, 5) is 0. The monoisotopic (exact) mass is 339 g/mol. The van der Waals surface area contributed by atoms with Gasteiger partial charge in [-0.15, -0.1) is 0 Å². The summed E-state index contributed by atoms with van der Waals surface area (Å²) in [5, 5.41) is 13.4. The molecule has 1 aromatic heterocycles. The molecule has 0 aliphatic heterocycles. The molecule has 0 amide bonds. The van der Waals surface area contributed by atoms with Crippen LogP contribution in [0.4, 0.5) is 13.2 Å². The first-order chi connectivity index (χ1) is 11.4. The van der Waals surface area contributed by atoms with Gasteiger partial charge in [-0.2, -0.15) is 13.2 Å². The third kappa shape index (κ3) is 3.82. The Bertz CT molecular complexity index is 637. The molecule has 1 aromatic carbocycles. The van der Waals surface area contributed by atoms with E-state index >= 15 is 0 Å². The zero-order chi connectivity index (χ0) is 17.2. The summed E-state index contributed by atoms with van der Waals surface area (Å²) in [6, 6.07) is 9.00. The molecule has 0 radical (unpaired) electrons. The van der Waals surface area contributed by atoms with Crippen LogP contribution < -0.4 is 5.32 Å². The van der Waals surface area contributed by atoms with E-state index in [9.17, 15) is 18.3 Å². The summed E-state index contributed by atoms with van der Waals surface area (Å²) in [5.41, 5.74) is 0.285. The van der Waals surface area contributed by atoms with E-state index in [1.54, 1.807) is 24.3 Å². The molecule has 1 aliphatic rings. The van der Waals surface area contributed by atoms with Crippen molar-refractivity contribution in [1.82, 2.24) is 5.32 Å². The van der Waals surface area contributed by atoms with Crippen LogP contribution >= 0.6 is 0 Å².